The van der Waals surface area contributed by atoms with Gasteiger partial charge in [-0.25, -0.2) is 8.42 Å². The Labute approximate surface area is 200 Å². The van der Waals surface area contributed by atoms with Gasteiger partial charge in [0, 0.05) is 44.4 Å². The molecule has 0 bridgehead atoms. The van der Waals surface area contributed by atoms with Crippen LogP contribution in [0.1, 0.15) is 26.6 Å². The van der Waals surface area contributed by atoms with Crippen LogP contribution in [0.15, 0.2) is 64.0 Å². The molecule has 2 heterocycles. The van der Waals surface area contributed by atoms with Gasteiger partial charge >= 0.3 is 0 Å². The van der Waals surface area contributed by atoms with Crippen molar-refractivity contribution in [2.75, 3.05) is 30.9 Å². The second-order valence-electron chi connectivity index (χ2n) is 7.82. The lowest BCUT2D eigenvalue weighted by Crippen LogP contribution is -2.50. The summed E-state index contributed by atoms with van der Waals surface area (Å²) in [5.41, 5.74) is 0.378. The normalized spacial score (nSPS) is 14.0. The summed E-state index contributed by atoms with van der Waals surface area (Å²) in [6.07, 6.45) is 0. The molecule has 0 unspecified atom stereocenters. The zero-order valence-electron chi connectivity index (χ0n) is 18.6. The van der Waals surface area contributed by atoms with Crippen LogP contribution in [-0.2, 0) is 10.0 Å². The van der Waals surface area contributed by atoms with E-state index in [1.807, 2.05) is 0 Å². The number of aromatic nitrogens is 1. The zero-order chi connectivity index (χ0) is 25.2. The highest BCUT2D eigenvalue weighted by Crippen LogP contribution is 2.24. The number of nitrogens with one attached hydrogen (secondary N) is 1. The molecule has 0 saturated carbocycles. The maximum absolute atomic E-state index is 13.2. The molecule has 2 amide bonds. The molecule has 1 aromatic heterocycles. The number of non-ortho nitro benzene ring substituents is 1. The number of sulfonamides is 1. The standard InChI is InChI=1S/C22H21N5O7S/c1-15-13-20(34-23-15)22(29)26-11-9-25(10-12-26)21(28)18-7-2-3-8-19(18)24-35(32,33)17-6-4-5-16(14-17)27(30)31/h2-8,13-14,24H,9-12H2,1H3. The fourth-order valence-corrected chi connectivity index (χ4v) is 4.75. The van der Waals surface area contributed by atoms with Gasteiger partial charge in [-0.1, -0.05) is 23.4 Å². The number of hydrogen-bond acceptors (Lipinski definition) is 8. The number of para-hydroxylation sites is 1. The SMILES string of the molecule is Cc1cc(C(=O)N2CCN(C(=O)c3ccccc3NS(=O)(=O)c3cccc([N+](=O)[O-])c3)CC2)on1. The Bertz CT molecular complexity index is 1390. The molecule has 0 spiro atoms. The maximum atomic E-state index is 13.2. The summed E-state index contributed by atoms with van der Waals surface area (Å²) in [5, 5.41) is 14.7. The van der Waals surface area contributed by atoms with Gasteiger partial charge in [-0.15, -0.1) is 0 Å². The number of nitrogens with zero attached hydrogens (tertiary/aromatic N) is 4. The summed E-state index contributed by atoms with van der Waals surface area (Å²) in [4.78, 5) is 38.8. The first-order valence-electron chi connectivity index (χ1n) is 10.5. The van der Waals surface area contributed by atoms with Crippen molar-refractivity contribution in [2.45, 2.75) is 11.8 Å². The summed E-state index contributed by atoms with van der Waals surface area (Å²) in [7, 11) is -4.20. The van der Waals surface area contributed by atoms with Gasteiger partial charge < -0.3 is 14.3 Å². The third-order valence-electron chi connectivity index (χ3n) is 5.43. The van der Waals surface area contributed by atoms with Crippen LogP contribution in [-0.4, -0.2) is 66.3 Å². The van der Waals surface area contributed by atoms with Crippen LogP contribution < -0.4 is 4.72 Å². The summed E-state index contributed by atoms with van der Waals surface area (Å²) < 4.78 is 33.1. The van der Waals surface area contributed by atoms with Crippen molar-refractivity contribution >= 4 is 33.2 Å². The van der Waals surface area contributed by atoms with Crippen LogP contribution >= 0.6 is 0 Å². The molecule has 1 N–H and O–H groups in total. The molecule has 0 atom stereocenters. The minimum absolute atomic E-state index is 0.0413. The van der Waals surface area contributed by atoms with Gasteiger partial charge in [0.15, 0.2) is 0 Å². The highest BCUT2D eigenvalue weighted by Gasteiger charge is 2.29. The average Bonchev–Trinajstić information content (AvgIpc) is 3.29. The van der Waals surface area contributed by atoms with E-state index >= 15 is 0 Å². The molecule has 1 saturated heterocycles. The Morgan fingerprint density at radius 3 is 2.29 bits per heavy atom. The Morgan fingerprint density at radius 2 is 1.66 bits per heavy atom. The number of aryl methyl sites for hydroxylation is 1. The number of anilines is 1. The summed E-state index contributed by atoms with van der Waals surface area (Å²) in [6, 6.07) is 12.3. The highest BCUT2D eigenvalue weighted by molar-refractivity contribution is 7.92. The summed E-state index contributed by atoms with van der Waals surface area (Å²) in [5.74, 6) is -0.601. The summed E-state index contributed by atoms with van der Waals surface area (Å²) in [6.45, 7) is 2.73. The topological polar surface area (TPSA) is 156 Å². The number of rotatable bonds is 6. The van der Waals surface area contributed by atoms with Gasteiger partial charge in [0.25, 0.3) is 27.5 Å². The first-order chi connectivity index (χ1) is 16.7. The molecule has 1 aliphatic rings. The van der Waals surface area contributed by atoms with Gasteiger partial charge in [-0.2, -0.15) is 0 Å². The first-order valence-corrected chi connectivity index (χ1v) is 12.0. The molecular formula is C22H21N5O7S. The van der Waals surface area contributed by atoms with E-state index in [9.17, 15) is 28.1 Å². The largest absolute Gasteiger partial charge is 0.351 e. The van der Waals surface area contributed by atoms with E-state index in [-0.39, 0.29) is 59.7 Å². The monoisotopic (exact) mass is 499 g/mol. The van der Waals surface area contributed by atoms with Gasteiger partial charge in [0.1, 0.15) is 0 Å². The Hall–Kier alpha value is -4.26. The second kappa shape index (κ2) is 9.54. The molecule has 0 radical (unpaired) electrons. The Morgan fingerprint density at radius 1 is 1.00 bits per heavy atom. The average molecular weight is 500 g/mol. The van der Waals surface area contributed by atoms with Gasteiger partial charge in [-0.05, 0) is 25.1 Å². The number of nitro benzene ring substituents is 1. The predicted molar refractivity (Wildman–Crippen MR) is 123 cm³/mol. The molecule has 4 rings (SSSR count). The van der Waals surface area contributed by atoms with Gasteiger partial charge in [-0.3, -0.25) is 24.4 Å². The summed E-state index contributed by atoms with van der Waals surface area (Å²) >= 11 is 0. The number of benzene rings is 2. The highest BCUT2D eigenvalue weighted by atomic mass is 32.2. The third kappa shape index (κ3) is 5.14. The zero-order valence-corrected chi connectivity index (χ0v) is 19.4. The maximum Gasteiger partial charge on any atom is 0.292 e. The van der Waals surface area contributed by atoms with Gasteiger partial charge in [0.2, 0.25) is 5.76 Å². The number of carbonyl (C=O) groups is 2. The minimum atomic E-state index is -4.20. The van der Waals surface area contributed by atoms with E-state index in [4.69, 9.17) is 4.52 Å². The molecular weight excluding hydrogens is 478 g/mol. The quantitative estimate of drug-likeness (QED) is 0.400. The predicted octanol–water partition coefficient (Wildman–Crippen LogP) is 2.29. The van der Waals surface area contributed by atoms with Crippen molar-refractivity contribution in [3.05, 3.63) is 81.7 Å². The van der Waals surface area contributed by atoms with Crippen LogP contribution in [0.4, 0.5) is 11.4 Å². The van der Waals surface area contributed by atoms with Gasteiger partial charge in [0.05, 0.1) is 26.8 Å². The fourth-order valence-electron chi connectivity index (χ4n) is 3.63. The van der Waals surface area contributed by atoms with Crippen molar-refractivity contribution in [2.24, 2.45) is 0 Å². The first kappa shape index (κ1) is 23.9. The number of amides is 2. The van der Waals surface area contributed by atoms with Crippen molar-refractivity contribution in [3.8, 4) is 0 Å². The van der Waals surface area contributed by atoms with E-state index in [1.165, 1.54) is 35.2 Å². The molecule has 3 aromatic rings. The van der Waals surface area contributed by atoms with Crippen molar-refractivity contribution in [3.63, 3.8) is 0 Å². The second-order valence-corrected chi connectivity index (χ2v) is 9.50. The van der Waals surface area contributed by atoms with Crippen molar-refractivity contribution in [1.82, 2.24) is 15.0 Å². The van der Waals surface area contributed by atoms with E-state index in [1.54, 1.807) is 30.0 Å². The molecule has 0 aliphatic carbocycles. The minimum Gasteiger partial charge on any atom is -0.351 e. The van der Waals surface area contributed by atoms with Crippen LogP contribution in [0, 0.1) is 17.0 Å². The van der Waals surface area contributed by atoms with E-state index < -0.39 is 20.9 Å². The molecule has 2 aromatic carbocycles. The van der Waals surface area contributed by atoms with Crippen LogP contribution in [0.25, 0.3) is 0 Å². The lowest BCUT2D eigenvalue weighted by atomic mass is 10.1. The van der Waals surface area contributed by atoms with Crippen LogP contribution in [0.5, 0.6) is 0 Å². The fraction of sp³-hybridized carbons (Fsp3) is 0.227. The molecule has 12 nitrogen and oxygen atoms in total. The van der Waals surface area contributed by atoms with Crippen LogP contribution in [0.2, 0.25) is 0 Å². The van der Waals surface area contributed by atoms with E-state index in [0.717, 1.165) is 6.07 Å². The smallest absolute Gasteiger partial charge is 0.292 e. The molecule has 182 valence electrons. The number of hydrogen-bond donors (Lipinski definition) is 1. The molecule has 35 heavy (non-hydrogen) atoms. The third-order valence-corrected chi connectivity index (χ3v) is 6.80. The van der Waals surface area contributed by atoms with E-state index in [0.29, 0.717) is 5.69 Å². The number of piperazine rings is 1. The molecule has 13 heteroatoms. The number of carbonyl (C=O) groups excluding carboxylic acids is 2. The lowest BCUT2D eigenvalue weighted by molar-refractivity contribution is -0.385. The molecule has 1 aliphatic heterocycles. The molecule has 1 fully saturated rings. The number of nitro groups is 1. The van der Waals surface area contributed by atoms with Crippen molar-refractivity contribution in [1.29, 1.82) is 0 Å². The Balaban J connectivity index is 1.48. The lowest BCUT2D eigenvalue weighted by Gasteiger charge is -2.34. The van der Waals surface area contributed by atoms with Crippen molar-refractivity contribution < 1.29 is 27.5 Å². The Kier molecular flexibility index (Phi) is 6.51. The van der Waals surface area contributed by atoms with E-state index in [2.05, 4.69) is 9.88 Å². The van der Waals surface area contributed by atoms with Crippen LogP contribution in [0.3, 0.4) is 0 Å².